The Morgan fingerprint density at radius 1 is 0.880 bits per heavy atom. The molecule has 7 nitrogen and oxygen atoms in total. The quantitative estimate of drug-likeness (QED) is 0.131. The first-order valence-electron chi connectivity index (χ1n) is 17.6. The molecule has 4 N–H and O–H groups in total. The molecule has 4 fully saturated rings. The third kappa shape index (κ3) is 5.04. The number of carbonyl (C=O) groups is 1. The monoisotopic (exact) mass is 677 g/mol. The molecule has 2 bridgehead atoms. The lowest BCUT2D eigenvalue weighted by Gasteiger charge is -2.49. The first-order valence-corrected chi connectivity index (χ1v) is 18.0. The van der Waals surface area contributed by atoms with Gasteiger partial charge in [-0.05, 0) is 107 Å². The van der Waals surface area contributed by atoms with E-state index in [4.69, 9.17) is 17.2 Å². The number of nitrogens with one attached hydrogen (secondary N) is 3. The number of pyridine rings is 1. The van der Waals surface area contributed by atoms with Crippen molar-refractivity contribution in [3.8, 4) is 11.1 Å². The Morgan fingerprint density at radius 3 is 2.24 bits per heavy atom. The molecule has 8 heteroatoms. The van der Waals surface area contributed by atoms with Gasteiger partial charge in [0.1, 0.15) is 0 Å². The minimum absolute atomic E-state index is 0.130. The maximum atomic E-state index is 12.4. The summed E-state index contributed by atoms with van der Waals surface area (Å²) in [5.41, 5.74) is 6.04. The van der Waals surface area contributed by atoms with E-state index in [1.165, 1.54) is 12.5 Å². The molecule has 250 valence electrons. The number of aliphatic hydroxyl groups is 1. The number of nitrogens with zero attached hydrogens (tertiary/aromatic N) is 2. The van der Waals surface area contributed by atoms with Gasteiger partial charge in [-0.1, -0.05) is 67.6 Å². The average molecular weight is 678 g/mol. The van der Waals surface area contributed by atoms with Crippen LogP contribution in [0.5, 0.6) is 0 Å². The number of piperidine rings is 3. The average Bonchev–Trinajstić information content (AvgIpc) is 3.89. The van der Waals surface area contributed by atoms with Crippen molar-refractivity contribution >= 4 is 72.7 Å². The lowest BCUT2D eigenvalue weighted by Crippen LogP contribution is -2.59. The highest BCUT2D eigenvalue weighted by atomic mass is 32.1. The van der Waals surface area contributed by atoms with Gasteiger partial charge in [-0.2, -0.15) is 0 Å². The van der Waals surface area contributed by atoms with Gasteiger partial charge in [0.2, 0.25) is 5.91 Å². The van der Waals surface area contributed by atoms with Gasteiger partial charge in [-0.15, -0.1) is 0 Å². The van der Waals surface area contributed by atoms with Crippen molar-refractivity contribution in [1.29, 1.82) is 0 Å². The molecule has 4 heterocycles. The molecule has 1 aromatic heterocycles. The van der Waals surface area contributed by atoms with Gasteiger partial charge in [0.15, 0.2) is 5.11 Å². The molecule has 6 aromatic rings. The van der Waals surface area contributed by atoms with Crippen molar-refractivity contribution in [3.05, 3.63) is 109 Å². The molecule has 6 atom stereocenters. The topological polar surface area (TPSA) is 89.5 Å². The number of benzene rings is 5. The molecule has 3 saturated heterocycles. The van der Waals surface area contributed by atoms with Crippen LogP contribution >= 0.6 is 12.2 Å². The van der Waals surface area contributed by atoms with Crippen molar-refractivity contribution in [2.75, 3.05) is 29.0 Å². The van der Waals surface area contributed by atoms with E-state index in [2.05, 4.69) is 82.4 Å². The van der Waals surface area contributed by atoms with Crippen LogP contribution < -0.4 is 16.0 Å². The molecule has 10 rings (SSSR count). The summed E-state index contributed by atoms with van der Waals surface area (Å²) in [6.07, 6.45) is 3.79. The number of rotatable bonds is 6. The third-order valence-corrected chi connectivity index (χ3v) is 11.7. The van der Waals surface area contributed by atoms with Crippen LogP contribution in [0, 0.1) is 11.8 Å². The largest absolute Gasteiger partial charge is 0.388 e. The van der Waals surface area contributed by atoms with Crippen LogP contribution in [0.15, 0.2) is 103 Å². The fourth-order valence-electron chi connectivity index (χ4n) is 9.27. The summed E-state index contributed by atoms with van der Waals surface area (Å²) in [5.74, 6) is 1.09. The zero-order valence-electron chi connectivity index (χ0n) is 28.1. The Morgan fingerprint density at radius 2 is 1.56 bits per heavy atom. The van der Waals surface area contributed by atoms with E-state index in [-0.39, 0.29) is 5.91 Å². The van der Waals surface area contributed by atoms with Crippen molar-refractivity contribution in [2.24, 2.45) is 11.8 Å². The number of thiocarbonyl (C=S) groups is 1. The fraction of sp³-hybridized carbons (Fsp3) is 0.262. The van der Waals surface area contributed by atoms with E-state index in [1.54, 1.807) is 0 Å². The molecule has 0 spiro atoms. The lowest BCUT2D eigenvalue weighted by atomic mass is 9.73. The standard InChI is InChI=1S/C42H39N5O2S/c1-3-42(49)23-47-21-19-32(42)39-38(40(39)47)30-18-20-43-33-17-14-27(22-31(30)33)45-41(50)46-35-16-13-26-9-5-7-11-29(26)37(35)36-28-10-6-4-8-25(28)12-15-34(36)44-24(2)48/h4-18,20,22,32,38-40,49H,3,19,21,23H2,1-2H3,(H,44,48)(H2,45,46,50)/t32?,38-,39?,40?,42?/m1/s1. The van der Waals surface area contributed by atoms with Gasteiger partial charge in [-0.3, -0.25) is 14.7 Å². The number of amides is 1. The Bertz CT molecular complexity index is 2360. The molecule has 4 aliphatic rings. The highest BCUT2D eigenvalue weighted by Crippen LogP contribution is 2.65. The molecule has 1 aliphatic carbocycles. The van der Waals surface area contributed by atoms with Crippen LogP contribution in [0.3, 0.4) is 0 Å². The molecule has 1 amide bonds. The Labute approximate surface area is 296 Å². The fourth-order valence-corrected chi connectivity index (χ4v) is 9.50. The number of hydrogen-bond donors (Lipinski definition) is 4. The van der Waals surface area contributed by atoms with Crippen LogP contribution in [0.4, 0.5) is 17.1 Å². The van der Waals surface area contributed by atoms with Crippen molar-refractivity contribution < 1.29 is 9.90 Å². The molecule has 3 aliphatic heterocycles. The Kier molecular flexibility index (Phi) is 7.39. The number of fused-ring (bicyclic) bond motifs is 5. The van der Waals surface area contributed by atoms with Crippen molar-refractivity contribution in [3.63, 3.8) is 0 Å². The van der Waals surface area contributed by atoms with Crippen molar-refractivity contribution in [1.82, 2.24) is 9.88 Å². The van der Waals surface area contributed by atoms with Gasteiger partial charge in [0, 0.05) is 65.2 Å². The predicted molar refractivity (Wildman–Crippen MR) is 208 cm³/mol. The molecular weight excluding hydrogens is 639 g/mol. The molecule has 0 radical (unpaired) electrons. The number of aromatic nitrogens is 1. The van der Waals surface area contributed by atoms with Crippen LogP contribution in [0.25, 0.3) is 43.6 Å². The minimum atomic E-state index is -0.585. The number of hydrogen-bond acceptors (Lipinski definition) is 5. The van der Waals surface area contributed by atoms with E-state index in [1.807, 2.05) is 48.7 Å². The maximum Gasteiger partial charge on any atom is 0.221 e. The first kappa shape index (κ1) is 31.1. The van der Waals surface area contributed by atoms with Crippen LogP contribution in [0.1, 0.15) is 38.2 Å². The third-order valence-electron chi connectivity index (χ3n) is 11.5. The highest BCUT2D eigenvalue weighted by Gasteiger charge is 2.67. The summed E-state index contributed by atoms with van der Waals surface area (Å²) in [4.78, 5) is 19.6. The number of carbonyl (C=O) groups excluding carboxylic acids is 1. The second-order valence-corrected chi connectivity index (χ2v) is 14.6. The summed E-state index contributed by atoms with van der Waals surface area (Å²) >= 11 is 5.99. The molecule has 5 unspecified atom stereocenters. The first-order chi connectivity index (χ1) is 24.3. The SMILES string of the molecule is CCC1(O)CN2CCC1C1C2[C@@H]1c1ccnc2ccc(NC(=S)Nc3ccc4ccccc4c3-c3c(NC(C)=O)ccc4ccccc34)cc12. The molecule has 1 saturated carbocycles. The summed E-state index contributed by atoms with van der Waals surface area (Å²) in [7, 11) is 0. The molecule has 50 heavy (non-hydrogen) atoms. The van der Waals surface area contributed by atoms with E-state index in [0.29, 0.717) is 28.9 Å². The number of anilines is 3. The minimum Gasteiger partial charge on any atom is -0.388 e. The van der Waals surface area contributed by atoms with Crippen LogP contribution in [-0.2, 0) is 4.79 Å². The lowest BCUT2D eigenvalue weighted by molar-refractivity contribution is -0.117. The van der Waals surface area contributed by atoms with Gasteiger partial charge in [-0.25, -0.2) is 0 Å². The highest BCUT2D eigenvalue weighted by molar-refractivity contribution is 7.80. The molecular formula is C42H39N5O2S. The normalized spacial score (nSPS) is 25.0. The Balaban J connectivity index is 1.07. The van der Waals surface area contributed by atoms with Gasteiger partial charge >= 0.3 is 0 Å². The van der Waals surface area contributed by atoms with Gasteiger partial charge in [0.05, 0.1) is 11.1 Å². The zero-order valence-corrected chi connectivity index (χ0v) is 28.9. The van der Waals surface area contributed by atoms with E-state index in [9.17, 15) is 9.90 Å². The van der Waals surface area contributed by atoms with E-state index in [0.717, 1.165) is 86.6 Å². The summed E-state index contributed by atoms with van der Waals surface area (Å²) < 4.78 is 0. The summed E-state index contributed by atoms with van der Waals surface area (Å²) in [6, 6.07) is 33.6. The summed E-state index contributed by atoms with van der Waals surface area (Å²) in [6.45, 7) is 5.51. The van der Waals surface area contributed by atoms with E-state index >= 15 is 0 Å². The Hall–Kier alpha value is -4.89. The second-order valence-electron chi connectivity index (χ2n) is 14.2. The van der Waals surface area contributed by atoms with Crippen LogP contribution in [-0.4, -0.2) is 50.7 Å². The van der Waals surface area contributed by atoms with Gasteiger partial charge in [0.25, 0.3) is 0 Å². The maximum absolute atomic E-state index is 12.4. The predicted octanol–water partition coefficient (Wildman–Crippen LogP) is 8.53. The second kappa shape index (κ2) is 11.9. The smallest absolute Gasteiger partial charge is 0.221 e. The zero-order chi connectivity index (χ0) is 34.1. The van der Waals surface area contributed by atoms with Crippen LogP contribution in [0.2, 0.25) is 0 Å². The van der Waals surface area contributed by atoms with Crippen molar-refractivity contribution in [2.45, 2.75) is 44.2 Å². The van der Waals surface area contributed by atoms with E-state index < -0.39 is 5.60 Å². The summed E-state index contributed by atoms with van der Waals surface area (Å²) in [5, 5.41) is 27.4. The molecule has 5 aromatic carbocycles. The van der Waals surface area contributed by atoms with Gasteiger partial charge < -0.3 is 21.1 Å².